The second kappa shape index (κ2) is 4.86. The fraction of sp³-hybridized carbons (Fsp3) is 0.400. The molecule has 0 amide bonds. The molecule has 0 atom stereocenters. The summed E-state index contributed by atoms with van der Waals surface area (Å²) in [6.07, 6.45) is 0.405. The lowest BCUT2D eigenvalue weighted by atomic mass is 10.1. The van der Waals surface area contributed by atoms with E-state index in [0.717, 1.165) is 16.9 Å². The molecule has 0 bridgehead atoms. The van der Waals surface area contributed by atoms with E-state index in [1.54, 1.807) is 7.11 Å². The standard InChI is InChI=1S/C10H13ClO3S/c1-8-3-4-9(7-10(8)14-2)5-6-15(11,12)13/h3-4,7H,5-6H2,1-2H3. The minimum Gasteiger partial charge on any atom is -0.496 e. The summed E-state index contributed by atoms with van der Waals surface area (Å²) in [7, 11) is 3.30. The van der Waals surface area contributed by atoms with Crippen molar-refractivity contribution in [1.82, 2.24) is 0 Å². The van der Waals surface area contributed by atoms with Crippen LogP contribution < -0.4 is 4.74 Å². The Labute approximate surface area is 94.4 Å². The Morgan fingerprint density at radius 3 is 2.60 bits per heavy atom. The minimum absolute atomic E-state index is 0.0548. The van der Waals surface area contributed by atoms with Gasteiger partial charge in [-0.2, -0.15) is 0 Å². The van der Waals surface area contributed by atoms with Gasteiger partial charge >= 0.3 is 0 Å². The van der Waals surface area contributed by atoms with Gasteiger partial charge in [-0.05, 0) is 30.5 Å². The lowest BCUT2D eigenvalue weighted by molar-refractivity contribution is 0.411. The summed E-state index contributed by atoms with van der Waals surface area (Å²) < 4.78 is 26.7. The van der Waals surface area contributed by atoms with Crippen molar-refractivity contribution >= 4 is 19.7 Å². The second-order valence-corrected chi connectivity index (χ2v) is 6.19. The summed E-state index contributed by atoms with van der Waals surface area (Å²) in [4.78, 5) is 0. The molecule has 3 nitrogen and oxygen atoms in total. The van der Waals surface area contributed by atoms with Crippen LogP contribution in [0.1, 0.15) is 11.1 Å². The molecule has 0 N–H and O–H groups in total. The van der Waals surface area contributed by atoms with Crippen LogP contribution in [-0.4, -0.2) is 21.3 Å². The normalized spacial score (nSPS) is 11.4. The number of benzene rings is 1. The predicted octanol–water partition coefficient (Wildman–Crippen LogP) is 2.11. The number of rotatable bonds is 4. The van der Waals surface area contributed by atoms with Crippen molar-refractivity contribution < 1.29 is 13.2 Å². The highest BCUT2D eigenvalue weighted by Crippen LogP contribution is 2.19. The second-order valence-electron chi connectivity index (χ2n) is 3.30. The third-order valence-corrected chi connectivity index (χ3v) is 3.26. The van der Waals surface area contributed by atoms with Crippen molar-refractivity contribution in [2.75, 3.05) is 12.9 Å². The minimum atomic E-state index is -3.42. The fourth-order valence-electron chi connectivity index (χ4n) is 1.26. The molecule has 0 aliphatic heterocycles. The number of methoxy groups -OCH3 is 1. The van der Waals surface area contributed by atoms with Crippen LogP contribution in [0.25, 0.3) is 0 Å². The number of ether oxygens (including phenoxy) is 1. The van der Waals surface area contributed by atoms with Crippen LogP contribution in [0.15, 0.2) is 18.2 Å². The molecule has 0 fully saturated rings. The number of halogens is 1. The van der Waals surface area contributed by atoms with Crippen LogP contribution in [-0.2, 0) is 15.5 Å². The van der Waals surface area contributed by atoms with Gasteiger partial charge in [-0.3, -0.25) is 0 Å². The molecule has 0 heterocycles. The molecule has 0 aliphatic rings. The SMILES string of the molecule is COc1cc(CCS(=O)(=O)Cl)ccc1C. The maximum Gasteiger partial charge on any atom is 0.232 e. The van der Waals surface area contributed by atoms with E-state index in [0.29, 0.717) is 6.42 Å². The maximum atomic E-state index is 10.8. The van der Waals surface area contributed by atoms with Crippen LogP contribution in [0, 0.1) is 6.92 Å². The third kappa shape index (κ3) is 4.10. The molecule has 15 heavy (non-hydrogen) atoms. The van der Waals surface area contributed by atoms with Gasteiger partial charge in [0.15, 0.2) is 0 Å². The fourth-order valence-corrected chi connectivity index (χ4v) is 1.97. The van der Waals surface area contributed by atoms with E-state index in [9.17, 15) is 8.42 Å². The quantitative estimate of drug-likeness (QED) is 0.767. The van der Waals surface area contributed by atoms with Crippen molar-refractivity contribution in [2.45, 2.75) is 13.3 Å². The highest BCUT2D eigenvalue weighted by atomic mass is 35.7. The van der Waals surface area contributed by atoms with Crippen LogP contribution >= 0.6 is 10.7 Å². The Hall–Kier alpha value is -0.740. The highest BCUT2D eigenvalue weighted by Gasteiger charge is 2.07. The largest absolute Gasteiger partial charge is 0.496 e. The van der Waals surface area contributed by atoms with Crippen molar-refractivity contribution in [3.05, 3.63) is 29.3 Å². The first-order chi connectivity index (χ1) is 6.92. The van der Waals surface area contributed by atoms with E-state index >= 15 is 0 Å². The van der Waals surface area contributed by atoms with Gasteiger partial charge < -0.3 is 4.74 Å². The van der Waals surface area contributed by atoms with E-state index in [4.69, 9.17) is 15.4 Å². The third-order valence-electron chi connectivity index (χ3n) is 2.11. The molecule has 0 unspecified atom stereocenters. The monoisotopic (exact) mass is 248 g/mol. The molecule has 0 aliphatic carbocycles. The van der Waals surface area contributed by atoms with E-state index in [2.05, 4.69) is 0 Å². The number of aryl methyl sites for hydroxylation is 2. The molecule has 1 rings (SSSR count). The average molecular weight is 249 g/mol. The summed E-state index contributed by atoms with van der Waals surface area (Å²) in [6, 6.07) is 5.60. The van der Waals surface area contributed by atoms with Crippen molar-refractivity contribution in [2.24, 2.45) is 0 Å². The van der Waals surface area contributed by atoms with Gasteiger partial charge in [-0.1, -0.05) is 12.1 Å². The maximum absolute atomic E-state index is 10.8. The first-order valence-corrected chi connectivity index (χ1v) is 6.96. The molecule has 0 radical (unpaired) electrons. The van der Waals surface area contributed by atoms with Gasteiger partial charge in [0.05, 0.1) is 12.9 Å². The van der Waals surface area contributed by atoms with Gasteiger partial charge in [0.2, 0.25) is 9.05 Å². The van der Waals surface area contributed by atoms with E-state index < -0.39 is 9.05 Å². The number of hydrogen-bond acceptors (Lipinski definition) is 3. The van der Waals surface area contributed by atoms with Crippen molar-refractivity contribution in [3.8, 4) is 5.75 Å². The summed E-state index contributed by atoms with van der Waals surface area (Å²) in [5.74, 6) is 0.709. The molecule has 84 valence electrons. The van der Waals surface area contributed by atoms with Crippen molar-refractivity contribution in [3.63, 3.8) is 0 Å². The number of hydrogen-bond donors (Lipinski definition) is 0. The lowest BCUT2D eigenvalue weighted by Gasteiger charge is -2.06. The smallest absolute Gasteiger partial charge is 0.232 e. The predicted molar refractivity (Wildman–Crippen MR) is 61.1 cm³/mol. The first kappa shape index (κ1) is 12.3. The summed E-state index contributed by atoms with van der Waals surface area (Å²) in [5, 5.41) is 0. The zero-order valence-corrected chi connectivity index (χ0v) is 10.2. The van der Waals surface area contributed by atoms with Crippen LogP contribution in [0.5, 0.6) is 5.75 Å². The highest BCUT2D eigenvalue weighted by molar-refractivity contribution is 8.13. The van der Waals surface area contributed by atoms with E-state index in [1.807, 2.05) is 25.1 Å². The molecule has 0 saturated carbocycles. The molecule has 1 aromatic rings. The van der Waals surface area contributed by atoms with Gasteiger partial charge in [-0.25, -0.2) is 8.42 Å². The molecule has 0 spiro atoms. The molecule has 5 heteroatoms. The summed E-state index contributed by atoms with van der Waals surface area (Å²) in [6.45, 7) is 1.93. The Kier molecular flexibility index (Phi) is 3.99. The zero-order valence-electron chi connectivity index (χ0n) is 8.66. The molecule has 1 aromatic carbocycles. The summed E-state index contributed by atoms with van der Waals surface area (Å²) >= 11 is 0. The average Bonchev–Trinajstić information content (AvgIpc) is 2.15. The molecular weight excluding hydrogens is 236 g/mol. The van der Waals surface area contributed by atoms with Crippen molar-refractivity contribution in [1.29, 1.82) is 0 Å². The van der Waals surface area contributed by atoms with Gasteiger partial charge in [0.1, 0.15) is 5.75 Å². The zero-order chi connectivity index (χ0) is 11.5. The Bertz CT molecular complexity index is 440. The van der Waals surface area contributed by atoms with Crippen LogP contribution in [0.4, 0.5) is 0 Å². The molecule has 0 aromatic heterocycles. The topological polar surface area (TPSA) is 43.4 Å². The van der Waals surface area contributed by atoms with Gasteiger partial charge in [0, 0.05) is 10.7 Å². The van der Waals surface area contributed by atoms with Crippen LogP contribution in [0.3, 0.4) is 0 Å². The van der Waals surface area contributed by atoms with Crippen LogP contribution in [0.2, 0.25) is 0 Å². The Balaban J connectivity index is 2.79. The first-order valence-electron chi connectivity index (χ1n) is 4.48. The van der Waals surface area contributed by atoms with E-state index in [-0.39, 0.29) is 5.75 Å². The summed E-state index contributed by atoms with van der Waals surface area (Å²) in [5.41, 5.74) is 1.93. The molecule has 0 saturated heterocycles. The lowest BCUT2D eigenvalue weighted by Crippen LogP contribution is -2.01. The van der Waals surface area contributed by atoms with Gasteiger partial charge in [0.25, 0.3) is 0 Å². The Morgan fingerprint density at radius 2 is 2.07 bits per heavy atom. The molecular formula is C10H13ClO3S. The van der Waals surface area contributed by atoms with E-state index in [1.165, 1.54) is 0 Å². The Morgan fingerprint density at radius 1 is 1.40 bits per heavy atom. The van der Waals surface area contributed by atoms with Gasteiger partial charge in [-0.15, -0.1) is 0 Å².